The van der Waals surface area contributed by atoms with E-state index in [1.165, 1.54) is 0 Å². The minimum atomic E-state index is -0.415. The first kappa shape index (κ1) is 19.1. The number of nitrogens with one attached hydrogen (secondary N) is 2. The van der Waals surface area contributed by atoms with Crippen LogP contribution in [0.1, 0.15) is 12.0 Å². The second kappa shape index (κ2) is 9.96. The maximum atomic E-state index is 11.7. The Labute approximate surface area is 156 Å². The molecule has 0 radical (unpaired) electrons. The van der Waals surface area contributed by atoms with E-state index in [0.29, 0.717) is 16.5 Å². The Kier molecular flexibility index (Phi) is 7.63. The smallest absolute Gasteiger partial charge is 0.276 e. The summed E-state index contributed by atoms with van der Waals surface area (Å²) in [5, 5.41) is 0.678. The topological polar surface area (TPSA) is 67.4 Å². The molecule has 0 aliphatic heterocycles. The molecule has 0 aliphatic rings. The van der Waals surface area contributed by atoms with E-state index in [2.05, 4.69) is 10.9 Å². The van der Waals surface area contributed by atoms with E-state index in [9.17, 15) is 9.59 Å². The van der Waals surface area contributed by atoms with Crippen LogP contribution in [-0.2, 0) is 9.59 Å². The molecular weight excluding hydrogens is 360 g/mol. The number of rotatable bonds is 7. The van der Waals surface area contributed by atoms with Crippen LogP contribution in [0.25, 0.3) is 0 Å². The fraction of sp³-hybridized carbons (Fsp3) is 0.222. The molecule has 132 valence electrons. The molecule has 2 aromatic carbocycles. The van der Waals surface area contributed by atoms with Crippen LogP contribution in [0.15, 0.2) is 53.4 Å². The van der Waals surface area contributed by atoms with Gasteiger partial charge in [0.2, 0.25) is 5.91 Å². The molecule has 0 unspecified atom stereocenters. The molecule has 0 bridgehead atoms. The molecule has 5 nitrogen and oxygen atoms in total. The number of aryl methyl sites for hydroxylation is 1. The molecule has 0 atom stereocenters. The second-order valence-electron chi connectivity index (χ2n) is 5.20. The molecule has 25 heavy (non-hydrogen) atoms. The summed E-state index contributed by atoms with van der Waals surface area (Å²) in [5.74, 6) is 0.569. The molecule has 2 N–H and O–H groups in total. The van der Waals surface area contributed by atoms with Gasteiger partial charge in [0.05, 0.1) is 0 Å². The lowest BCUT2D eigenvalue weighted by atomic mass is 10.2. The zero-order chi connectivity index (χ0) is 18.1. The lowest BCUT2D eigenvalue weighted by molar-refractivity contribution is -0.129. The van der Waals surface area contributed by atoms with Crippen LogP contribution in [0.2, 0.25) is 5.02 Å². The molecule has 0 fully saturated rings. The third kappa shape index (κ3) is 7.07. The molecular formula is C18H19ClN2O3S. The van der Waals surface area contributed by atoms with Crippen molar-refractivity contribution in [1.82, 2.24) is 10.9 Å². The Bertz CT molecular complexity index is 723. The first-order valence-electron chi connectivity index (χ1n) is 7.69. The van der Waals surface area contributed by atoms with Gasteiger partial charge >= 0.3 is 0 Å². The summed E-state index contributed by atoms with van der Waals surface area (Å²) in [5.41, 5.74) is 5.66. The number of para-hydroxylation sites is 1. The molecule has 0 saturated carbocycles. The van der Waals surface area contributed by atoms with Gasteiger partial charge in [0.15, 0.2) is 6.61 Å². The lowest BCUT2D eigenvalue weighted by Gasteiger charge is -2.10. The number of thioether (sulfide) groups is 1. The van der Waals surface area contributed by atoms with Crippen LogP contribution in [0.3, 0.4) is 0 Å². The first-order valence-corrected chi connectivity index (χ1v) is 9.05. The van der Waals surface area contributed by atoms with Crippen molar-refractivity contribution in [2.45, 2.75) is 18.2 Å². The normalized spacial score (nSPS) is 10.2. The van der Waals surface area contributed by atoms with Crippen LogP contribution in [-0.4, -0.2) is 24.2 Å². The highest BCUT2D eigenvalue weighted by atomic mass is 35.5. The van der Waals surface area contributed by atoms with Crippen LogP contribution >= 0.6 is 23.4 Å². The summed E-state index contributed by atoms with van der Waals surface area (Å²) in [6.07, 6.45) is 0.284. The van der Waals surface area contributed by atoms with Crippen molar-refractivity contribution in [2.24, 2.45) is 0 Å². The molecule has 0 spiro atoms. The van der Waals surface area contributed by atoms with E-state index in [4.69, 9.17) is 16.3 Å². The Hall–Kier alpha value is -2.18. The Morgan fingerprint density at radius 2 is 1.72 bits per heavy atom. The van der Waals surface area contributed by atoms with Crippen molar-refractivity contribution in [1.29, 1.82) is 0 Å². The molecule has 0 heterocycles. The van der Waals surface area contributed by atoms with E-state index in [0.717, 1.165) is 10.5 Å². The average molecular weight is 379 g/mol. The number of carbonyl (C=O) groups excluding carboxylic acids is 2. The summed E-state index contributed by atoms with van der Waals surface area (Å²) < 4.78 is 5.40. The fourth-order valence-corrected chi connectivity index (χ4v) is 2.87. The van der Waals surface area contributed by atoms with E-state index in [1.54, 1.807) is 30.0 Å². The number of amides is 2. The Morgan fingerprint density at radius 1 is 1.04 bits per heavy atom. The third-order valence-electron chi connectivity index (χ3n) is 3.21. The van der Waals surface area contributed by atoms with Gasteiger partial charge in [-0.25, -0.2) is 0 Å². The van der Waals surface area contributed by atoms with Crippen molar-refractivity contribution in [3.05, 3.63) is 59.1 Å². The molecule has 0 aromatic heterocycles. The quantitative estimate of drug-likeness (QED) is 0.572. The third-order valence-corrected chi connectivity index (χ3v) is 4.47. The second-order valence-corrected chi connectivity index (χ2v) is 6.81. The van der Waals surface area contributed by atoms with Crippen LogP contribution in [0.4, 0.5) is 0 Å². The Morgan fingerprint density at radius 3 is 2.44 bits per heavy atom. The number of halogens is 1. The van der Waals surface area contributed by atoms with Crippen LogP contribution < -0.4 is 15.6 Å². The minimum Gasteiger partial charge on any atom is -0.483 e. The number of hydrazine groups is 1. The number of hydrogen-bond acceptors (Lipinski definition) is 4. The predicted octanol–water partition coefficient (Wildman–Crippen LogP) is 3.36. The summed E-state index contributed by atoms with van der Waals surface area (Å²) in [7, 11) is 0. The maximum Gasteiger partial charge on any atom is 0.276 e. The number of benzene rings is 2. The first-order chi connectivity index (χ1) is 12.0. The zero-order valence-corrected chi connectivity index (χ0v) is 15.3. The van der Waals surface area contributed by atoms with Gasteiger partial charge in [0, 0.05) is 22.1 Å². The molecule has 2 aromatic rings. The van der Waals surface area contributed by atoms with Gasteiger partial charge in [-0.3, -0.25) is 20.4 Å². The van der Waals surface area contributed by atoms with Gasteiger partial charge in [-0.2, -0.15) is 0 Å². The van der Waals surface area contributed by atoms with Gasteiger partial charge < -0.3 is 4.74 Å². The van der Waals surface area contributed by atoms with Crippen molar-refractivity contribution < 1.29 is 14.3 Å². The minimum absolute atomic E-state index is 0.162. The highest BCUT2D eigenvalue weighted by Gasteiger charge is 2.07. The molecule has 0 aliphatic carbocycles. The Balaban J connectivity index is 1.61. The van der Waals surface area contributed by atoms with Gasteiger partial charge in [-0.1, -0.05) is 29.8 Å². The highest BCUT2D eigenvalue weighted by Crippen LogP contribution is 2.20. The van der Waals surface area contributed by atoms with E-state index < -0.39 is 5.91 Å². The maximum absolute atomic E-state index is 11.7. The van der Waals surface area contributed by atoms with Crippen LogP contribution in [0.5, 0.6) is 5.75 Å². The molecule has 2 amide bonds. The fourth-order valence-electron chi connectivity index (χ4n) is 1.89. The van der Waals surface area contributed by atoms with Crippen molar-refractivity contribution in [2.75, 3.05) is 12.4 Å². The molecule has 7 heteroatoms. The predicted molar refractivity (Wildman–Crippen MR) is 99.8 cm³/mol. The largest absolute Gasteiger partial charge is 0.483 e. The van der Waals surface area contributed by atoms with Crippen molar-refractivity contribution >= 4 is 35.2 Å². The molecule has 0 saturated heterocycles. The van der Waals surface area contributed by atoms with Crippen molar-refractivity contribution in [3.8, 4) is 5.75 Å². The van der Waals surface area contributed by atoms with Crippen LogP contribution in [0, 0.1) is 6.92 Å². The van der Waals surface area contributed by atoms with Gasteiger partial charge in [0.1, 0.15) is 5.75 Å². The van der Waals surface area contributed by atoms with E-state index in [-0.39, 0.29) is 18.9 Å². The SMILES string of the molecule is Cc1ccccc1OCC(=O)NNC(=O)CCSc1ccc(Cl)cc1. The zero-order valence-electron chi connectivity index (χ0n) is 13.8. The van der Waals surface area contributed by atoms with Gasteiger partial charge in [-0.05, 0) is 42.8 Å². The monoisotopic (exact) mass is 378 g/mol. The summed E-state index contributed by atoms with van der Waals surface area (Å²) in [6.45, 7) is 1.73. The standard InChI is InChI=1S/C18H19ClN2O3S/c1-13-4-2-3-5-16(13)24-12-18(23)21-20-17(22)10-11-25-15-8-6-14(19)7-9-15/h2-9H,10-12H2,1H3,(H,20,22)(H,21,23). The number of ether oxygens (including phenoxy) is 1. The number of hydrogen-bond donors (Lipinski definition) is 2. The highest BCUT2D eigenvalue weighted by molar-refractivity contribution is 7.99. The lowest BCUT2D eigenvalue weighted by Crippen LogP contribution is -2.43. The van der Waals surface area contributed by atoms with Gasteiger partial charge in [-0.15, -0.1) is 11.8 Å². The average Bonchev–Trinajstić information content (AvgIpc) is 2.61. The van der Waals surface area contributed by atoms with Gasteiger partial charge in [0.25, 0.3) is 5.91 Å². The van der Waals surface area contributed by atoms with E-state index in [1.807, 2.05) is 37.3 Å². The summed E-state index contributed by atoms with van der Waals surface area (Å²) >= 11 is 7.36. The molecule has 2 rings (SSSR count). The number of carbonyl (C=O) groups is 2. The van der Waals surface area contributed by atoms with E-state index >= 15 is 0 Å². The van der Waals surface area contributed by atoms with Crippen molar-refractivity contribution in [3.63, 3.8) is 0 Å². The summed E-state index contributed by atoms with van der Waals surface area (Å²) in [4.78, 5) is 24.4. The summed E-state index contributed by atoms with van der Waals surface area (Å²) in [6, 6.07) is 14.8.